The molecule has 0 aliphatic heterocycles. The molecule has 3 rings (SSSR count). The van der Waals surface area contributed by atoms with Gasteiger partial charge in [-0.1, -0.05) is 11.6 Å². The van der Waals surface area contributed by atoms with E-state index in [1.165, 1.54) is 0 Å². The van der Waals surface area contributed by atoms with E-state index in [4.69, 9.17) is 17.3 Å². The molecule has 1 heterocycles. The third kappa shape index (κ3) is 3.86. The largest absolute Gasteiger partial charge is 0.398 e. The number of carbonyl (C=O) groups excluding carboxylic acids is 1. The first kappa shape index (κ1) is 18.0. The van der Waals surface area contributed by atoms with Crippen LogP contribution in [0.25, 0.3) is 0 Å². The molecule has 0 aliphatic carbocycles. The number of hydrogen-bond acceptors (Lipinski definition) is 3. The second-order valence-corrected chi connectivity index (χ2v) is 6.69. The van der Waals surface area contributed by atoms with Gasteiger partial charge in [-0.2, -0.15) is 0 Å². The number of carbonyl (C=O) groups is 1. The third-order valence-corrected chi connectivity index (χ3v) is 4.74. The number of anilines is 2. The molecule has 5 heteroatoms. The first-order valence-electron chi connectivity index (χ1n) is 8.30. The number of aromatic nitrogens is 1. The number of nitrogens with two attached hydrogens (primary N) is 1. The molecule has 1 aromatic heterocycles. The highest BCUT2D eigenvalue weighted by Gasteiger charge is 2.18. The van der Waals surface area contributed by atoms with E-state index in [2.05, 4.69) is 10.3 Å². The van der Waals surface area contributed by atoms with Crippen molar-refractivity contribution in [2.24, 2.45) is 0 Å². The lowest BCUT2D eigenvalue weighted by Gasteiger charge is -2.17. The lowest BCUT2D eigenvalue weighted by molar-refractivity contribution is 0.102. The van der Waals surface area contributed by atoms with Gasteiger partial charge in [-0.15, -0.1) is 0 Å². The summed E-state index contributed by atoms with van der Waals surface area (Å²) in [6.45, 7) is 3.93. The smallest absolute Gasteiger partial charge is 0.256 e. The highest BCUT2D eigenvalue weighted by Crippen LogP contribution is 2.28. The van der Waals surface area contributed by atoms with E-state index >= 15 is 0 Å². The van der Waals surface area contributed by atoms with Crippen molar-refractivity contribution in [2.75, 3.05) is 11.1 Å². The number of nitrogens with zero attached hydrogens (tertiary/aromatic N) is 1. The predicted octanol–water partition coefficient (Wildman–Crippen LogP) is 4.78. The molecule has 2 aromatic carbocycles. The molecule has 0 saturated carbocycles. The molecular weight excluding hydrogens is 346 g/mol. The maximum absolute atomic E-state index is 12.9. The van der Waals surface area contributed by atoms with E-state index in [0.717, 1.165) is 22.3 Å². The molecule has 3 aromatic rings. The number of rotatable bonds is 4. The summed E-state index contributed by atoms with van der Waals surface area (Å²) < 4.78 is 0. The molecule has 0 fully saturated rings. The van der Waals surface area contributed by atoms with Crippen LogP contribution in [-0.2, 0) is 6.42 Å². The Kier molecular flexibility index (Phi) is 5.24. The fourth-order valence-corrected chi connectivity index (χ4v) is 2.95. The van der Waals surface area contributed by atoms with Crippen LogP contribution in [0.5, 0.6) is 0 Å². The Labute approximate surface area is 158 Å². The zero-order valence-electron chi connectivity index (χ0n) is 14.7. The Bertz CT molecular complexity index is 938. The number of pyridine rings is 1. The Morgan fingerprint density at radius 3 is 2.42 bits per heavy atom. The first-order valence-corrected chi connectivity index (χ1v) is 8.68. The molecule has 0 atom stereocenters. The number of benzene rings is 2. The summed E-state index contributed by atoms with van der Waals surface area (Å²) >= 11 is 5.91. The zero-order valence-corrected chi connectivity index (χ0v) is 15.5. The van der Waals surface area contributed by atoms with Crippen LogP contribution >= 0.6 is 11.6 Å². The number of hydrogen-bond donors (Lipinski definition) is 2. The minimum atomic E-state index is -0.189. The molecule has 26 heavy (non-hydrogen) atoms. The molecule has 4 nitrogen and oxygen atoms in total. The molecular formula is C21H20ClN3O. The quantitative estimate of drug-likeness (QED) is 0.654. The Morgan fingerprint density at radius 1 is 1.12 bits per heavy atom. The Balaban J connectivity index is 1.99. The topological polar surface area (TPSA) is 68.0 Å². The normalized spacial score (nSPS) is 10.6. The van der Waals surface area contributed by atoms with E-state index in [1.807, 2.05) is 32.0 Å². The van der Waals surface area contributed by atoms with Crippen molar-refractivity contribution in [3.63, 3.8) is 0 Å². The van der Waals surface area contributed by atoms with Gasteiger partial charge < -0.3 is 11.1 Å². The molecule has 0 unspecified atom stereocenters. The van der Waals surface area contributed by atoms with Gasteiger partial charge >= 0.3 is 0 Å². The monoisotopic (exact) mass is 365 g/mol. The van der Waals surface area contributed by atoms with E-state index in [9.17, 15) is 4.79 Å². The van der Waals surface area contributed by atoms with E-state index < -0.39 is 0 Å². The summed E-state index contributed by atoms with van der Waals surface area (Å²) in [4.78, 5) is 17.0. The Hall–Kier alpha value is -2.85. The van der Waals surface area contributed by atoms with Gasteiger partial charge in [0.25, 0.3) is 5.91 Å². The van der Waals surface area contributed by atoms with Gasteiger partial charge in [0.15, 0.2) is 0 Å². The number of nitrogen functional groups attached to an aromatic ring is 1. The minimum Gasteiger partial charge on any atom is -0.398 e. The summed E-state index contributed by atoms with van der Waals surface area (Å²) in [5.74, 6) is -0.189. The van der Waals surface area contributed by atoms with Crippen molar-refractivity contribution in [1.82, 2.24) is 4.98 Å². The van der Waals surface area contributed by atoms with Crippen molar-refractivity contribution in [2.45, 2.75) is 20.3 Å². The van der Waals surface area contributed by atoms with Crippen molar-refractivity contribution < 1.29 is 4.79 Å². The van der Waals surface area contributed by atoms with Crippen LogP contribution in [0.15, 0.2) is 54.9 Å². The molecule has 3 N–H and O–H groups in total. The van der Waals surface area contributed by atoms with Gasteiger partial charge in [0.05, 0.1) is 0 Å². The maximum atomic E-state index is 12.9. The third-order valence-electron chi connectivity index (χ3n) is 4.48. The zero-order chi connectivity index (χ0) is 18.7. The number of aryl methyl sites for hydroxylation is 1. The van der Waals surface area contributed by atoms with Crippen LogP contribution in [-0.4, -0.2) is 10.9 Å². The van der Waals surface area contributed by atoms with Crippen LogP contribution in [0.4, 0.5) is 11.4 Å². The summed E-state index contributed by atoms with van der Waals surface area (Å²) in [6.07, 6.45) is 4.04. The van der Waals surface area contributed by atoms with Gasteiger partial charge in [0.1, 0.15) is 0 Å². The van der Waals surface area contributed by atoms with E-state index in [-0.39, 0.29) is 5.91 Å². The van der Waals surface area contributed by atoms with Crippen LogP contribution in [0.1, 0.15) is 32.6 Å². The van der Waals surface area contributed by atoms with Crippen molar-refractivity contribution in [3.05, 3.63) is 87.7 Å². The molecule has 0 spiro atoms. The maximum Gasteiger partial charge on any atom is 0.256 e. The number of halogens is 1. The van der Waals surface area contributed by atoms with Crippen LogP contribution < -0.4 is 11.1 Å². The second kappa shape index (κ2) is 7.58. The molecule has 1 amide bonds. The summed E-state index contributed by atoms with van der Waals surface area (Å²) in [5, 5.41) is 3.54. The first-order chi connectivity index (χ1) is 12.5. The van der Waals surface area contributed by atoms with Crippen molar-refractivity contribution in [1.29, 1.82) is 0 Å². The SMILES string of the molecule is Cc1cc(C(=O)Nc2ccc(Cl)cc2)c(Cc2ccncc2)c(N)c1C. The predicted molar refractivity (Wildman–Crippen MR) is 107 cm³/mol. The fraction of sp³-hybridized carbons (Fsp3) is 0.143. The number of amides is 1. The molecule has 0 radical (unpaired) electrons. The summed E-state index contributed by atoms with van der Waals surface area (Å²) in [6, 6.07) is 12.8. The standard InChI is InChI=1S/C21H20ClN3O/c1-13-11-19(21(26)25-17-5-3-16(22)4-6-17)18(20(23)14(13)2)12-15-7-9-24-10-8-15/h3-11H,12,23H2,1-2H3,(H,25,26). The van der Waals surface area contributed by atoms with Gasteiger partial charge in [0.2, 0.25) is 0 Å². The number of nitrogens with one attached hydrogen (secondary N) is 1. The Morgan fingerprint density at radius 2 is 1.77 bits per heavy atom. The van der Waals surface area contributed by atoms with Crippen molar-refractivity contribution in [3.8, 4) is 0 Å². The molecule has 132 valence electrons. The second-order valence-electron chi connectivity index (χ2n) is 6.25. The average molecular weight is 366 g/mol. The highest BCUT2D eigenvalue weighted by molar-refractivity contribution is 6.30. The van der Waals surface area contributed by atoms with Gasteiger partial charge in [0, 0.05) is 40.8 Å². The summed E-state index contributed by atoms with van der Waals surface area (Å²) in [7, 11) is 0. The van der Waals surface area contributed by atoms with Crippen LogP contribution in [0.3, 0.4) is 0 Å². The molecule has 0 aliphatic rings. The minimum absolute atomic E-state index is 0.189. The lowest BCUT2D eigenvalue weighted by atomic mass is 9.92. The average Bonchev–Trinajstić information content (AvgIpc) is 2.64. The fourth-order valence-electron chi connectivity index (χ4n) is 2.83. The highest BCUT2D eigenvalue weighted by atomic mass is 35.5. The molecule has 0 bridgehead atoms. The lowest BCUT2D eigenvalue weighted by Crippen LogP contribution is -2.17. The van der Waals surface area contributed by atoms with E-state index in [1.54, 1.807) is 36.7 Å². The van der Waals surface area contributed by atoms with E-state index in [0.29, 0.717) is 28.4 Å². The van der Waals surface area contributed by atoms with Crippen molar-refractivity contribution >= 4 is 28.9 Å². The van der Waals surface area contributed by atoms with Crippen LogP contribution in [0.2, 0.25) is 5.02 Å². The van der Waals surface area contributed by atoms with Gasteiger partial charge in [-0.05, 0) is 78.6 Å². The molecule has 0 saturated heterocycles. The van der Waals surface area contributed by atoms with Crippen LogP contribution in [0, 0.1) is 13.8 Å². The van der Waals surface area contributed by atoms with Gasteiger partial charge in [-0.25, -0.2) is 0 Å². The summed E-state index contributed by atoms with van der Waals surface area (Å²) in [5.41, 5.74) is 12.2. The van der Waals surface area contributed by atoms with Gasteiger partial charge in [-0.3, -0.25) is 9.78 Å².